The largest absolute Gasteiger partial charge is 0.462 e. The van der Waals surface area contributed by atoms with E-state index in [1.807, 2.05) is 60.7 Å². The summed E-state index contributed by atoms with van der Waals surface area (Å²) < 4.78 is 6.20. The number of nitrogens with zero attached hydrogens (tertiary/aromatic N) is 2. The summed E-state index contributed by atoms with van der Waals surface area (Å²) in [4.78, 5) is 38.8. The van der Waals surface area contributed by atoms with E-state index in [9.17, 15) is 14.4 Å². The Balaban J connectivity index is 1.86. The molecule has 0 atom stereocenters. The van der Waals surface area contributed by atoms with Crippen LogP contribution in [0.4, 0.5) is 5.69 Å². The van der Waals surface area contributed by atoms with Gasteiger partial charge >= 0.3 is 5.97 Å². The first-order chi connectivity index (χ1) is 16.5. The third-order valence-corrected chi connectivity index (χ3v) is 5.21. The highest BCUT2D eigenvalue weighted by atomic mass is 16.5. The lowest BCUT2D eigenvalue weighted by molar-refractivity contribution is 0.0526. The highest BCUT2D eigenvalue weighted by molar-refractivity contribution is 6.10. The summed E-state index contributed by atoms with van der Waals surface area (Å²) in [6.07, 6.45) is 0. The number of amides is 1. The molecule has 0 fully saturated rings. The molecule has 0 aliphatic heterocycles. The van der Waals surface area contributed by atoms with Crippen LogP contribution >= 0.6 is 0 Å². The fraction of sp³-hybridized carbons (Fsp3) is 0.111. The van der Waals surface area contributed by atoms with Crippen molar-refractivity contribution in [2.24, 2.45) is 7.05 Å². The number of hydrogen-bond donors (Lipinski definition) is 1. The molecule has 0 saturated carbocycles. The van der Waals surface area contributed by atoms with Crippen LogP contribution in [-0.4, -0.2) is 28.3 Å². The van der Waals surface area contributed by atoms with Crippen LogP contribution in [0.3, 0.4) is 0 Å². The van der Waals surface area contributed by atoms with E-state index in [1.165, 1.54) is 17.8 Å². The number of aromatic nitrogens is 2. The topological polar surface area (TPSA) is 90.3 Å². The molecular weight excluding hydrogens is 430 g/mol. The molecule has 1 heterocycles. The highest BCUT2D eigenvalue weighted by Crippen LogP contribution is 2.32. The Labute approximate surface area is 196 Å². The van der Waals surface area contributed by atoms with Crippen molar-refractivity contribution in [2.45, 2.75) is 6.92 Å². The molecule has 1 N–H and O–H groups in total. The number of rotatable bonds is 6. The quantitative estimate of drug-likeness (QED) is 0.433. The predicted octanol–water partition coefficient (Wildman–Crippen LogP) is 4.54. The summed E-state index contributed by atoms with van der Waals surface area (Å²) >= 11 is 0. The lowest BCUT2D eigenvalue weighted by atomic mass is 9.95. The number of esters is 1. The maximum absolute atomic E-state index is 13.5. The van der Waals surface area contributed by atoms with Crippen molar-refractivity contribution < 1.29 is 14.3 Å². The second kappa shape index (κ2) is 9.95. The molecule has 0 spiro atoms. The Morgan fingerprint density at radius 1 is 0.912 bits per heavy atom. The Bertz CT molecular complexity index is 1400. The van der Waals surface area contributed by atoms with Crippen molar-refractivity contribution in [3.05, 3.63) is 106 Å². The Morgan fingerprint density at radius 3 is 2.21 bits per heavy atom. The average Bonchev–Trinajstić information content (AvgIpc) is 2.86. The first-order valence-electron chi connectivity index (χ1n) is 10.8. The highest BCUT2D eigenvalue weighted by Gasteiger charge is 2.24. The van der Waals surface area contributed by atoms with Crippen molar-refractivity contribution >= 4 is 17.6 Å². The van der Waals surface area contributed by atoms with Gasteiger partial charge in [0.15, 0.2) is 0 Å². The van der Waals surface area contributed by atoms with Gasteiger partial charge in [0, 0.05) is 23.9 Å². The van der Waals surface area contributed by atoms with Gasteiger partial charge in [-0.25, -0.2) is 9.48 Å². The van der Waals surface area contributed by atoms with E-state index in [2.05, 4.69) is 10.4 Å². The second-order valence-electron chi connectivity index (χ2n) is 7.51. The maximum Gasteiger partial charge on any atom is 0.338 e. The van der Waals surface area contributed by atoms with Crippen molar-refractivity contribution in [1.82, 2.24) is 9.78 Å². The summed E-state index contributed by atoms with van der Waals surface area (Å²) in [5.41, 5.74) is 2.52. The van der Waals surface area contributed by atoms with Crippen molar-refractivity contribution in [1.29, 1.82) is 0 Å². The molecule has 1 amide bonds. The molecule has 1 aromatic heterocycles. The van der Waals surface area contributed by atoms with Gasteiger partial charge in [0.1, 0.15) is 5.56 Å². The van der Waals surface area contributed by atoms with E-state index < -0.39 is 17.4 Å². The molecule has 7 heteroatoms. The lowest BCUT2D eigenvalue weighted by Crippen LogP contribution is -2.31. The molecule has 3 aromatic carbocycles. The van der Waals surface area contributed by atoms with E-state index in [-0.39, 0.29) is 12.2 Å². The molecule has 170 valence electrons. The number of hydrogen-bond acceptors (Lipinski definition) is 5. The summed E-state index contributed by atoms with van der Waals surface area (Å²) in [5.74, 6) is -1.09. The van der Waals surface area contributed by atoms with Gasteiger partial charge in [0.2, 0.25) is 0 Å². The SMILES string of the molecule is CCOC(=O)c1cccc(NC(=O)c2c(-c3ccccc3)c(-c3ccccc3)nn(C)c2=O)c1. The summed E-state index contributed by atoms with van der Waals surface area (Å²) in [6, 6.07) is 25.0. The van der Waals surface area contributed by atoms with Crippen LogP contribution in [0.5, 0.6) is 0 Å². The number of anilines is 1. The fourth-order valence-electron chi connectivity index (χ4n) is 3.66. The standard InChI is InChI=1S/C27H23N3O4/c1-3-34-27(33)20-15-10-16-21(17-20)28-25(31)23-22(18-11-6-4-7-12-18)24(29-30(2)26(23)32)19-13-8-5-9-14-19/h4-17H,3H2,1-2H3,(H,28,31). The van der Waals surface area contributed by atoms with Crippen molar-refractivity contribution in [2.75, 3.05) is 11.9 Å². The zero-order valence-corrected chi connectivity index (χ0v) is 18.8. The van der Waals surface area contributed by atoms with E-state index in [0.717, 1.165) is 5.56 Å². The molecule has 0 aliphatic rings. The predicted molar refractivity (Wildman–Crippen MR) is 131 cm³/mol. The second-order valence-corrected chi connectivity index (χ2v) is 7.51. The van der Waals surface area contributed by atoms with Crippen molar-refractivity contribution in [3.8, 4) is 22.4 Å². The Kier molecular flexibility index (Phi) is 6.64. The first kappa shape index (κ1) is 22.7. The van der Waals surface area contributed by atoms with Gasteiger partial charge in [0.05, 0.1) is 17.9 Å². The van der Waals surface area contributed by atoms with Gasteiger partial charge in [0.25, 0.3) is 11.5 Å². The summed E-state index contributed by atoms with van der Waals surface area (Å²) in [6.45, 7) is 1.96. The zero-order chi connectivity index (χ0) is 24.1. The molecular formula is C27H23N3O4. The molecule has 4 rings (SSSR count). The van der Waals surface area contributed by atoms with Gasteiger partial charge in [-0.1, -0.05) is 66.7 Å². The maximum atomic E-state index is 13.5. The molecule has 0 aliphatic carbocycles. The van der Waals surface area contributed by atoms with Crippen LogP contribution in [0, 0.1) is 0 Å². The molecule has 0 unspecified atom stereocenters. The molecule has 34 heavy (non-hydrogen) atoms. The minimum Gasteiger partial charge on any atom is -0.462 e. The van der Waals surface area contributed by atoms with E-state index in [1.54, 1.807) is 25.1 Å². The normalized spacial score (nSPS) is 10.5. The van der Waals surface area contributed by atoms with E-state index >= 15 is 0 Å². The van der Waals surface area contributed by atoms with Gasteiger partial charge < -0.3 is 10.1 Å². The van der Waals surface area contributed by atoms with Crippen molar-refractivity contribution in [3.63, 3.8) is 0 Å². The number of carbonyl (C=O) groups is 2. The van der Waals surface area contributed by atoms with Gasteiger partial charge in [-0.05, 0) is 30.7 Å². The monoisotopic (exact) mass is 453 g/mol. The van der Waals surface area contributed by atoms with Crippen LogP contribution in [-0.2, 0) is 11.8 Å². The minimum atomic E-state index is -0.597. The number of nitrogens with one attached hydrogen (secondary N) is 1. The molecule has 0 bridgehead atoms. The van der Waals surface area contributed by atoms with Crippen LogP contribution in [0.15, 0.2) is 89.7 Å². The molecule has 0 radical (unpaired) electrons. The Morgan fingerprint density at radius 2 is 1.56 bits per heavy atom. The number of aryl methyl sites for hydroxylation is 1. The average molecular weight is 453 g/mol. The van der Waals surface area contributed by atoms with Gasteiger partial charge in [-0.3, -0.25) is 9.59 Å². The lowest BCUT2D eigenvalue weighted by Gasteiger charge is -2.16. The molecule has 4 aromatic rings. The smallest absolute Gasteiger partial charge is 0.338 e. The van der Waals surface area contributed by atoms with Crippen LogP contribution in [0.25, 0.3) is 22.4 Å². The van der Waals surface area contributed by atoms with E-state index in [0.29, 0.717) is 28.1 Å². The number of benzene rings is 3. The summed E-state index contributed by atoms with van der Waals surface area (Å²) in [7, 11) is 1.52. The van der Waals surface area contributed by atoms with Crippen LogP contribution < -0.4 is 10.9 Å². The van der Waals surface area contributed by atoms with Crippen LogP contribution in [0.1, 0.15) is 27.6 Å². The van der Waals surface area contributed by atoms with Gasteiger partial charge in [-0.15, -0.1) is 0 Å². The minimum absolute atomic E-state index is 0.0379. The molecule has 0 saturated heterocycles. The molecule has 7 nitrogen and oxygen atoms in total. The van der Waals surface area contributed by atoms with E-state index in [4.69, 9.17) is 4.74 Å². The Hall–Kier alpha value is -4.52. The number of carbonyl (C=O) groups excluding carboxylic acids is 2. The summed E-state index contributed by atoms with van der Waals surface area (Å²) in [5, 5.41) is 7.25. The number of ether oxygens (including phenoxy) is 1. The third-order valence-electron chi connectivity index (χ3n) is 5.21. The van der Waals surface area contributed by atoms with Crippen LogP contribution in [0.2, 0.25) is 0 Å². The van der Waals surface area contributed by atoms with Gasteiger partial charge in [-0.2, -0.15) is 5.10 Å². The third kappa shape index (κ3) is 4.63. The first-order valence-corrected chi connectivity index (χ1v) is 10.8. The zero-order valence-electron chi connectivity index (χ0n) is 18.8. The fourth-order valence-corrected chi connectivity index (χ4v) is 3.66.